The fraction of sp³-hybridized carbons (Fsp3) is 0.367. The minimum atomic E-state index is -2.98. The Hall–Kier alpha value is -3.65. The number of piperidine rings is 1. The molecule has 1 fully saturated rings. The summed E-state index contributed by atoms with van der Waals surface area (Å²) in [4.78, 5) is 17.7. The highest BCUT2D eigenvalue weighted by molar-refractivity contribution is 5.89. The van der Waals surface area contributed by atoms with Gasteiger partial charge in [0.25, 0.3) is 5.92 Å². The molecule has 0 aliphatic carbocycles. The van der Waals surface area contributed by atoms with Gasteiger partial charge in [0.1, 0.15) is 13.2 Å². The van der Waals surface area contributed by atoms with Crippen molar-refractivity contribution in [1.82, 2.24) is 9.80 Å². The van der Waals surface area contributed by atoms with E-state index < -0.39 is 5.92 Å². The number of nitrogens with zero attached hydrogens (tertiary/aromatic N) is 2. The average molecular weight is 522 g/mol. The first kappa shape index (κ1) is 26.0. The zero-order chi connectivity index (χ0) is 26.5. The van der Waals surface area contributed by atoms with Crippen LogP contribution in [0.1, 0.15) is 36.5 Å². The lowest BCUT2D eigenvalue weighted by molar-refractivity contribution is 0.0175. The van der Waals surface area contributed by atoms with Gasteiger partial charge in [0.15, 0.2) is 11.5 Å². The summed E-state index contributed by atoms with van der Waals surface area (Å²) in [6, 6.07) is 21.6. The number of nitrogens with one attached hydrogen (secondary N) is 1. The second-order valence-electron chi connectivity index (χ2n) is 10.00. The van der Waals surface area contributed by atoms with Crippen LogP contribution in [0.3, 0.4) is 0 Å². The number of carbonyl (C=O) groups excluding carboxylic acids is 1. The molecule has 8 heteroatoms. The van der Waals surface area contributed by atoms with Crippen molar-refractivity contribution in [2.75, 3.05) is 31.6 Å². The molecular formula is C30H33F2N3O3. The molecular weight excluding hydrogens is 488 g/mol. The minimum Gasteiger partial charge on any atom is -0.486 e. The van der Waals surface area contributed by atoms with Gasteiger partial charge in [-0.3, -0.25) is 4.90 Å². The quantitative estimate of drug-likeness (QED) is 0.398. The molecule has 0 saturated carbocycles. The van der Waals surface area contributed by atoms with Gasteiger partial charge in [-0.25, -0.2) is 13.6 Å². The molecule has 3 aromatic carbocycles. The van der Waals surface area contributed by atoms with E-state index in [1.54, 1.807) is 12.1 Å². The number of fused-ring (bicyclic) bond motifs is 1. The molecule has 200 valence electrons. The van der Waals surface area contributed by atoms with Crippen LogP contribution in [-0.4, -0.2) is 48.2 Å². The van der Waals surface area contributed by atoms with Gasteiger partial charge in [-0.1, -0.05) is 48.5 Å². The highest BCUT2D eigenvalue weighted by atomic mass is 19.3. The Morgan fingerprint density at radius 1 is 0.947 bits per heavy atom. The Labute approximate surface area is 222 Å². The van der Waals surface area contributed by atoms with E-state index in [0.717, 1.165) is 56.5 Å². The van der Waals surface area contributed by atoms with Crippen LogP contribution in [0.5, 0.6) is 11.5 Å². The molecule has 0 unspecified atom stereocenters. The Morgan fingerprint density at radius 3 is 2.42 bits per heavy atom. The lowest BCUT2D eigenvalue weighted by Gasteiger charge is -2.38. The Bertz CT molecular complexity index is 1240. The zero-order valence-electron chi connectivity index (χ0n) is 21.5. The monoisotopic (exact) mass is 521 g/mol. The standard InChI is InChI=1S/C30H33F2N3O3/c1-30(31,32)24-8-5-9-25(19-24)33-29(36)35(21-22-6-3-2-4-7-22)26-12-14-34(15-13-26)20-23-10-11-27-28(18-23)38-17-16-37-27/h2-11,18-19,26H,12-17,20-21H2,1H3,(H,33,36). The maximum absolute atomic E-state index is 13.8. The number of likely N-dealkylation sites (tertiary alicyclic amines) is 1. The van der Waals surface area contributed by atoms with Crippen LogP contribution in [-0.2, 0) is 19.0 Å². The maximum Gasteiger partial charge on any atom is 0.322 e. The van der Waals surface area contributed by atoms with Crippen molar-refractivity contribution in [2.45, 2.75) is 44.8 Å². The number of hydrogen-bond donors (Lipinski definition) is 1. The highest BCUT2D eigenvalue weighted by Crippen LogP contribution is 2.32. The third-order valence-corrected chi connectivity index (χ3v) is 7.09. The van der Waals surface area contributed by atoms with Crippen LogP contribution in [0.15, 0.2) is 72.8 Å². The van der Waals surface area contributed by atoms with E-state index in [4.69, 9.17) is 9.47 Å². The number of urea groups is 1. The molecule has 0 aromatic heterocycles. The van der Waals surface area contributed by atoms with Gasteiger partial charge in [-0.2, -0.15) is 0 Å². The lowest BCUT2D eigenvalue weighted by atomic mass is 10.0. The largest absolute Gasteiger partial charge is 0.486 e. The highest BCUT2D eigenvalue weighted by Gasteiger charge is 2.29. The molecule has 3 aromatic rings. The van der Waals surface area contributed by atoms with Gasteiger partial charge in [0.2, 0.25) is 0 Å². The zero-order valence-corrected chi connectivity index (χ0v) is 21.5. The minimum absolute atomic E-state index is 0.0301. The Kier molecular flexibility index (Phi) is 7.79. The van der Waals surface area contributed by atoms with Crippen molar-refractivity contribution in [3.63, 3.8) is 0 Å². The van der Waals surface area contributed by atoms with Gasteiger partial charge >= 0.3 is 6.03 Å². The predicted molar refractivity (Wildman–Crippen MR) is 143 cm³/mol. The number of hydrogen-bond acceptors (Lipinski definition) is 4. The molecule has 0 spiro atoms. The summed E-state index contributed by atoms with van der Waals surface area (Å²) in [5, 5.41) is 2.87. The number of anilines is 1. The second-order valence-corrected chi connectivity index (χ2v) is 10.00. The number of carbonyl (C=O) groups is 1. The van der Waals surface area contributed by atoms with Crippen molar-refractivity contribution in [1.29, 1.82) is 0 Å². The topological polar surface area (TPSA) is 54.0 Å². The fourth-order valence-electron chi connectivity index (χ4n) is 5.05. The van der Waals surface area contributed by atoms with E-state index in [1.165, 1.54) is 17.7 Å². The maximum atomic E-state index is 13.8. The van der Waals surface area contributed by atoms with Gasteiger partial charge in [0, 0.05) is 50.4 Å². The van der Waals surface area contributed by atoms with Crippen LogP contribution in [0.25, 0.3) is 0 Å². The average Bonchev–Trinajstić information content (AvgIpc) is 2.92. The van der Waals surface area contributed by atoms with Crippen LogP contribution >= 0.6 is 0 Å². The van der Waals surface area contributed by atoms with E-state index in [9.17, 15) is 13.6 Å². The predicted octanol–water partition coefficient (Wildman–Crippen LogP) is 6.27. The fourth-order valence-corrected chi connectivity index (χ4v) is 5.05. The first-order valence-corrected chi connectivity index (χ1v) is 13.1. The molecule has 0 bridgehead atoms. The first-order valence-electron chi connectivity index (χ1n) is 13.1. The SMILES string of the molecule is CC(F)(F)c1cccc(NC(=O)N(Cc2ccccc2)C2CCN(Cc3ccc4c(c3)OCCO4)CC2)c1. The van der Waals surface area contributed by atoms with E-state index in [0.29, 0.717) is 25.4 Å². The van der Waals surface area contributed by atoms with Crippen molar-refractivity contribution >= 4 is 11.7 Å². The molecule has 1 N–H and O–H groups in total. The van der Waals surface area contributed by atoms with Gasteiger partial charge in [-0.05, 0) is 48.2 Å². The van der Waals surface area contributed by atoms with Crippen LogP contribution < -0.4 is 14.8 Å². The first-order chi connectivity index (χ1) is 18.3. The molecule has 2 heterocycles. The van der Waals surface area contributed by atoms with Gasteiger partial charge in [0.05, 0.1) is 0 Å². The van der Waals surface area contributed by atoms with Crippen LogP contribution in [0, 0.1) is 0 Å². The van der Waals surface area contributed by atoms with Crippen molar-refractivity contribution in [3.05, 3.63) is 89.5 Å². The number of ether oxygens (including phenoxy) is 2. The Morgan fingerprint density at radius 2 is 1.68 bits per heavy atom. The molecule has 38 heavy (non-hydrogen) atoms. The van der Waals surface area contributed by atoms with Crippen molar-refractivity contribution in [3.8, 4) is 11.5 Å². The van der Waals surface area contributed by atoms with E-state index >= 15 is 0 Å². The third-order valence-electron chi connectivity index (χ3n) is 7.09. The number of benzene rings is 3. The number of rotatable bonds is 7. The molecule has 5 rings (SSSR count). The van der Waals surface area contributed by atoms with Crippen LogP contribution in [0.2, 0.25) is 0 Å². The van der Waals surface area contributed by atoms with Gasteiger partial charge in [-0.15, -0.1) is 0 Å². The summed E-state index contributed by atoms with van der Waals surface area (Å²) in [6.45, 7) is 4.92. The second kappa shape index (κ2) is 11.4. The summed E-state index contributed by atoms with van der Waals surface area (Å²) in [7, 11) is 0. The van der Waals surface area contributed by atoms with Crippen molar-refractivity contribution < 1.29 is 23.0 Å². The smallest absolute Gasteiger partial charge is 0.322 e. The lowest BCUT2D eigenvalue weighted by Crippen LogP contribution is -2.48. The number of amides is 2. The molecule has 6 nitrogen and oxygen atoms in total. The van der Waals surface area contributed by atoms with E-state index in [1.807, 2.05) is 47.4 Å². The third kappa shape index (κ3) is 6.42. The van der Waals surface area contributed by atoms with E-state index in [-0.39, 0.29) is 17.6 Å². The van der Waals surface area contributed by atoms with Crippen LogP contribution in [0.4, 0.5) is 19.3 Å². The normalized spacial score (nSPS) is 16.2. The summed E-state index contributed by atoms with van der Waals surface area (Å²) < 4.78 is 39.0. The number of alkyl halides is 2. The summed E-state index contributed by atoms with van der Waals surface area (Å²) in [5.41, 5.74) is 2.43. The molecule has 2 aliphatic rings. The molecule has 2 amide bonds. The van der Waals surface area contributed by atoms with E-state index in [2.05, 4.69) is 16.3 Å². The summed E-state index contributed by atoms with van der Waals surface area (Å²) in [6.07, 6.45) is 1.63. The molecule has 1 saturated heterocycles. The summed E-state index contributed by atoms with van der Waals surface area (Å²) in [5.74, 6) is -1.40. The Balaban J connectivity index is 1.25. The summed E-state index contributed by atoms with van der Waals surface area (Å²) >= 11 is 0. The molecule has 0 radical (unpaired) electrons. The van der Waals surface area contributed by atoms with Gasteiger partial charge < -0.3 is 19.7 Å². The number of halogens is 2. The van der Waals surface area contributed by atoms with Crippen molar-refractivity contribution in [2.24, 2.45) is 0 Å². The molecule has 0 atom stereocenters. The molecule has 2 aliphatic heterocycles.